The highest BCUT2D eigenvalue weighted by Crippen LogP contribution is 2.14. The number of hydrogen-bond acceptors (Lipinski definition) is 0. The van der Waals surface area contributed by atoms with Crippen LogP contribution in [0.25, 0.3) is 0 Å². The van der Waals surface area contributed by atoms with Crippen LogP contribution in [0.3, 0.4) is 0 Å². The smallest absolute Gasteiger partial charge is 0.0265 e. The van der Waals surface area contributed by atoms with E-state index in [4.69, 9.17) is 0 Å². The first-order valence-electron chi connectivity index (χ1n) is 4.77. The number of hydrogen-bond donors (Lipinski definition) is 0. The van der Waals surface area contributed by atoms with Crippen molar-refractivity contribution in [2.75, 3.05) is 0 Å². The quantitative estimate of drug-likeness (QED) is 0.500. The maximum absolute atomic E-state index is 3.76. The molecule has 0 rings (SSSR count). The van der Waals surface area contributed by atoms with Crippen molar-refractivity contribution in [2.24, 2.45) is 11.8 Å². The fourth-order valence-electron chi connectivity index (χ4n) is 1.12. The molecule has 0 amide bonds. The average molecular weight is 165 g/mol. The minimum atomic E-state index is 0.650. The lowest BCUT2D eigenvalue weighted by molar-refractivity contribution is 0.579. The molecule has 0 saturated heterocycles. The highest BCUT2D eigenvalue weighted by molar-refractivity contribution is 4.82. The Kier molecular flexibility index (Phi) is 6.84. The van der Waals surface area contributed by atoms with Crippen LogP contribution < -0.4 is 0 Å². The van der Waals surface area contributed by atoms with Crippen LogP contribution in [0.5, 0.6) is 0 Å². The van der Waals surface area contributed by atoms with Gasteiger partial charge in [-0.25, -0.2) is 0 Å². The molecular weight excluding hydrogens is 144 g/mol. The Bertz CT molecular complexity index is 124. The largest absolute Gasteiger partial charge is 0.103 e. The van der Waals surface area contributed by atoms with E-state index in [-0.39, 0.29) is 0 Å². The maximum Gasteiger partial charge on any atom is -0.0265 e. The van der Waals surface area contributed by atoms with Crippen LogP contribution in [0.1, 0.15) is 33.1 Å². The molecule has 2 atom stereocenters. The second kappa shape index (κ2) is 7.15. The fourth-order valence-corrected chi connectivity index (χ4v) is 1.12. The van der Waals surface area contributed by atoms with Gasteiger partial charge in [0.05, 0.1) is 0 Å². The van der Waals surface area contributed by atoms with Crippen molar-refractivity contribution in [1.29, 1.82) is 0 Å². The van der Waals surface area contributed by atoms with Gasteiger partial charge in [0.1, 0.15) is 0 Å². The average Bonchev–Trinajstić information content (AvgIpc) is 2.04. The molecule has 0 bridgehead atoms. The summed E-state index contributed by atoms with van der Waals surface area (Å²) in [6.07, 6.45) is 9.90. The van der Waals surface area contributed by atoms with Crippen molar-refractivity contribution >= 4 is 0 Å². The third-order valence-electron chi connectivity index (χ3n) is 2.13. The van der Waals surface area contributed by atoms with Gasteiger partial charge in [-0.15, -0.1) is 13.2 Å². The molecule has 69 valence electrons. The van der Waals surface area contributed by atoms with E-state index < -0.39 is 0 Å². The Hall–Kier alpha value is -0.520. The standard InChI is InChI=1S/C12H21/c1-5-8-12(4)10-7-9-11(3)6-2/h5-6,10-12H,1-2,7-9H2,3-4H3. The van der Waals surface area contributed by atoms with E-state index in [2.05, 4.69) is 33.4 Å². The summed E-state index contributed by atoms with van der Waals surface area (Å²) in [5.41, 5.74) is 0. The molecule has 1 radical (unpaired) electrons. The molecule has 0 aromatic carbocycles. The van der Waals surface area contributed by atoms with Gasteiger partial charge in [0.2, 0.25) is 0 Å². The van der Waals surface area contributed by atoms with Crippen LogP contribution >= 0.6 is 0 Å². The van der Waals surface area contributed by atoms with E-state index in [0.29, 0.717) is 11.8 Å². The molecule has 0 N–H and O–H groups in total. The summed E-state index contributed by atoms with van der Waals surface area (Å²) >= 11 is 0. The van der Waals surface area contributed by atoms with Crippen molar-refractivity contribution in [1.82, 2.24) is 0 Å². The zero-order valence-electron chi connectivity index (χ0n) is 8.42. The zero-order chi connectivity index (χ0) is 9.40. The second-order valence-corrected chi connectivity index (χ2v) is 3.53. The third kappa shape index (κ3) is 6.21. The zero-order valence-corrected chi connectivity index (χ0v) is 8.42. The van der Waals surface area contributed by atoms with Gasteiger partial charge in [-0.05, 0) is 37.5 Å². The predicted octanol–water partition coefficient (Wildman–Crippen LogP) is 4.01. The molecule has 0 aliphatic heterocycles. The van der Waals surface area contributed by atoms with Crippen molar-refractivity contribution in [2.45, 2.75) is 33.1 Å². The summed E-state index contributed by atoms with van der Waals surface area (Å²) < 4.78 is 0. The summed E-state index contributed by atoms with van der Waals surface area (Å²) in [5.74, 6) is 1.33. The maximum atomic E-state index is 3.76. The van der Waals surface area contributed by atoms with Gasteiger partial charge >= 0.3 is 0 Å². The summed E-state index contributed by atoms with van der Waals surface area (Å²) in [7, 11) is 0. The summed E-state index contributed by atoms with van der Waals surface area (Å²) in [4.78, 5) is 0. The first-order valence-corrected chi connectivity index (χ1v) is 4.77. The molecule has 0 aromatic heterocycles. The topological polar surface area (TPSA) is 0 Å². The monoisotopic (exact) mass is 165 g/mol. The molecular formula is C12H21. The van der Waals surface area contributed by atoms with E-state index in [1.165, 1.54) is 12.8 Å². The van der Waals surface area contributed by atoms with E-state index >= 15 is 0 Å². The van der Waals surface area contributed by atoms with Gasteiger partial charge in [-0.3, -0.25) is 0 Å². The van der Waals surface area contributed by atoms with E-state index in [1.807, 2.05) is 12.2 Å². The third-order valence-corrected chi connectivity index (χ3v) is 2.13. The summed E-state index contributed by atoms with van der Waals surface area (Å²) in [5, 5.41) is 0. The molecule has 0 heterocycles. The lowest BCUT2D eigenvalue weighted by Crippen LogP contribution is -1.96. The lowest BCUT2D eigenvalue weighted by atomic mass is 9.97. The van der Waals surface area contributed by atoms with Gasteiger partial charge < -0.3 is 0 Å². The molecule has 0 spiro atoms. The molecule has 0 nitrogen and oxygen atoms in total. The molecule has 12 heavy (non-hydrogen) atoms. The van der Waals surface area contributed by atoms with Gasteiger partial charge in [-0.1, -0.05) is 26.0 Å². The van der Waals surface area contributed by atoms with Gasteiger partial charge in [-0.2, -0.15) is 0 Å². The van der Waals surface area contributed by atoms with Crippen LogP contribution in [0.2, 0.25) is 0 Å². The molecule has 2 unspecified atom stereocenters. The highest BCUT2D eigenvalue weighted by atomic mass is 14.1. The van der Waals surface area contributed by atoms with Gasteiger partial charge in [0, 0.05) is 0 Å². The van der Waals surface area contributed by atoms with Crippen LogP contribution in [0.4, 0.5) is 0 Å². The van der Waals surface area contributed by atoms with Crippen molar-refractivity contribution in [3.63, 3.8) is 0 Å². The molecule has 0 heteroatoms. The lowest BCUT2D eigenvalue weighted by Gasteiger charge is -2.09. The molecule has 0 aliphatic rings. The van der Waals surface area contributed by atoms with E-state index in [1.54, 1.807) is 0 Å². The molecule has 0 aliphatic carbocycles. The van der Waals surface area contributed by atoms with E-state index in [9.17, 15) is 0 Å². The SMILES string of the molecule is C=CCC(C)[CH]CCC(C)C=C. The fraction of sp³-hybridized carbons (Fsp3) is 0.583. The molecule has 0 saturated carbocycles. The van der Waals surface area contributed by atoms with Crippen LogP contribution in [-0.4, -0.2) is 0 Å². The van der Waals surface area contributed by atoms with Crippen molar-refractivity contribution < 1.29 is 0 Å². The predicted molar refractivity (Wildman–Crippen MR) is 56.9 cm³/mol. The van der Waals surface area contributed by atoms with Crippen LogP contribution in [0.15, 0.2) is 25.3 Å². The first kappa shape index (κ1) is 11.5. The Morgan fingerprint density at radius 1 is 1.17 bits per heavy atom. The second-order valence-electron chi connectivity index (χ2n) is 3.53. The van der Waals surface area contributed by atoms with Gasteiger partial charge in [0.25, 0.3) is 0 Å². The van der Waals surface area contributed by atoms with Crippen LogP contribution in [-0.2, 0) is 0 Å². The van der Waals surface area contributed by atoms with Crippen molar-refractivity contribution in [3.05, 3.63) is 31.7 Å². The van der Waals surface area contributed by atoms with Crippen molar-refractivity contribution in [3.8, 4) is 0 Å². The Labute approximate surface area is 77.4 Å². The Morgan fingerprint density at radius 2 is 1.83 bits per heavy atom. The normalized spacial score (nSPS) is 15.2. The first-order chi connectivity index (χ1) is 5.70. The Balaban J connectivity index is 3.29. The summed E-state index contributed by atoms with van der Waals surface area (Å²) in [6, 6.07) is 0. The Morgan fingerprint density at radius 3 is 2.33 bits per heavy atom. The van der Waals surface area contributed by atoms with Gasteiger partial charge in [0.15, 0.2) is 0 Å². The summed E-state index contributed by atoms with van der Waals surface area (Å²) in [6.45, 7) is 11.9. The van der Waals surface area contributed by atoms with E-state index in [0.717, 1.165) is 6.42 Å². The number of allylic oxidation sites excluding steroid dienone is 2. The number of rotatable bonds is 7. The molecule has 0 fully saturated rings. The minimum Gasteiger partial charge on any atom is -0.103 e. The van der Waals surface area contributed by atoms with Crippen LogP contribution in [0, 0.1) is 18.3 Å². The highest BCUT2D eigenvalue weighted by Gasteiger charge is 2.01. The minimum absolute atomic E-state index is 0.650. The molecule has 0 aromatic rings.